The molecular formula is C27H20F3N5O3. The van der Waals surface area contributed by atoms with Crippen molar-refractivity contribution < 1.29 is 22.7 Å². The Morgan fingerprint density at radius 1 is 1.26 bits per heavy atom. The average molecular weight is 519 g/mol. The third kappa shape index (κ3) is 4.62. The highest BCUT2D eigenvalue weighted by atomic mass is 19.3. The normalized spacial score (nSPS) is 16.7. The average Bonchev–Trinajstić information content (AvgIpc) is 2.92. The molecule has 11 heteroatoms. The fourth-order valence-corrected chi connectivity index (χ4v) is 4.33. The van der Waals surface area contributed by atoms with Gasteiger partial charge in [0.05, 0.1) is 42.7 Å². The molecule has 38 heavy (non-hydrogen) atoms. The van der Waals surface area contributed by atoms with Crippen LogP contribution in [0.25, 0.3) is 22.2 Å². The second-order valence-electron chi connectivity index (χ2n) is 9.12. The van der Waals surface area contributed by atoms with Gasteiger partial charge in [-0.15, -0.1) is 0 Å². The molecule has 1 N–H and O–H groups in total. The first-order valence-corrected chi connectivity index (χ1v) is 11.5. The van der Waals surface area contributed by atoms with Crippen molar-refractivity contribution in [3.8, 4) is 17.3 Å². The predicted octanol–water partition coefficient (Wildman–Crippen LogP) is 4.23. The Kier molecular flexibility index (Phi) is 6.42. The van der Waals surface area contributed by atoms with Gasteiger partial charge in [0.1, 0.15) is 5.41 Å². The molecule has 0 aliphatic carbocycles. The number of pyridine rings is 3. The van der Waals surface area contributed by atoms with E-state index >= 15 is 0 Å². The second-order valence-corrected chi connectivity index (χ2v) is 9.12. The molecule has 5 rings (SSSR count). The summed E-state index contributed by atoms with van der Waals surface area (Å²) in [4.78, 5) is 33.2. The summed E-state index contributed by atoms with van der Waals surface area (Å²) >= 11 is 0. The lowest BCUT2D eigenvalue weighted by atomic mass is 9.79. The number of nitrogens with one attached hydrogen (secondary N) is 1. The zero-order chi connectivity index (χ0) is 27.0. The molecule has 4 aromatic rings. The number of nitriles is 1. The van der Waals surface area contributed by atoms with Gasteiger partial charge in [0.15, 0.2) is 5.82 Å². The van der Waals surface area contributed by atoms with Gasteiger partial charge in [-0.3, -0.25) is 19.1 Å². The van der Waals surface area contributed by atoms with Crippen molar-refractivity contribution in [1.29, 1.82) is 5.26 Å². The lowest BCUT2D eigenvalue weighted by molar-refractivity contribution is 0.0651. The van der Waals surface area contributed by atoms with E-state index < -0.39 is 23.3 Å². The number of rotatable bonds is 5. The highest BCUT2D eigenvalue weighted by Crippen LogP contribution is 2.32. The van der Waals surface area contributed by atoms with Gasteiger partial charge in [-0.05, 0) is 54.4 Å². The Bertz CT molecular complexity index is 1680. The quantitative estimate of drug-likeness (QED) is 0.423. The molecule has 0 spiro atoms. The Morgan fingerprint density at radius 3 is 2.84 bits per heavy atom. The van der Waals surface area contributed by atoms with E-state index in [1.165, 1.54) is 6.07 Å². The van der Waals surface area contributed by atoms with Gasteiger partial charge in [-0.25, -0.2) is 9.37 Å². The molecule has 3 aromatic heterocycles. The molecule has 0 fully saturated rings. The van der Waals surface area contributed by atoms with Crippen LogP contribution in [-0.4, -0.2) is 27.0 Å². The van der Waals surface area contributed by atoms with Gasteiger partial charge >= 0.3 is 6.55 Å². The van der Waals surface area contributed by atoms with Crippen molar-refractivity contribution in [2.24, 2.45) is 0 Å². The minimum atomic E-state index is -3.20. The fourth-order valence-electron chi connectivity index (χ4n) is 4.33. The van der Waals surface area contributed by atoms with Crippen molar-refractivity contribution in [2.75, 3.05) is 6.61 Å². The standard InChI is InChI=1S/C27H20F3N5O3/c1-27(13-31)14-38-12-17-3-2-15(6-20(17)27)24(36)33-10-19-8-23-16(9-32-19)4-5-22(34-23)18-7-21(28)25(37)35(11-18)26(29)30/h2-9,11,26H,10,12,14H2,1H3,(H,33,36)/t27-/m1/s1. The number of carbonyl (C=O) groups is 1. The van der Waals surface area contributed by atoms with Crippen LogP contribution in [0, 0.1) is 17.1 Å². The number of benzene rings is 1. The molecule has 1 aromatic carbocycles. The largest absolute Gasteiger partial charge is 0.375 e. The molecule has 1 aliphatic rings. The number of aromatic nitrogens is 3. The summed E-state index contributed by atoms with van der Waals surface area (Å²) in [5, 5.41) is 13.0. The Morgan fingerprint density at radius 2 is 2.08 bits per heavy atom. The van der Waals surface area contributed by atoms with Crippen LogP contribution in [0.2, 0.25) is 0 Å². The van der Waals surface area contributed by atoms with Gasteiger partial charge in [-0.1, -0.05) is 6.07 Å². The third-order valence-electron chi connectivity index (χ3n) is 6.43. The van der Waals surface area contributed by atoms with Crippen molar-refractivity contribution in [1.82, 2.24) is 19.9 Å². The van der Waals surface area contributed by atoms with E-state index in [1.807, 2.05) is 0 Å². The minimum absolute atomic E-state index is 0.0109. The summed E-state index contributed by atoms with van der Waals surface area (Å²) in [6, 6.07) is 13.0. The van der Waals surface area contributed by atoms with E-state index in [-0.39, 0.29) is 34.9 Å². The lowest BCUT2D eigenvalue weighted by Gasteiger charge is -2.30. The second kappa shape index (κ2) is 9.72. The highest BCUT2D eigenvalue weighted by Gasteiger charge is 2.33. The van der Waals surface area contributed by atoms with E-state index in [2.05, 4.69) is 21.4 Å². The SMILES string of the molecule is C[C@@]1(C#N)COCc2ccc(C(=O)NCc3cc4nc(-c5cc(F)c(=O)n(C(F)F)c5)ccc4cn3)cc21. The first kappa shape index (κ1) is 25.1. The zero-order valence-electron chi connectivity index (χ0n) is 20.0. The molecule has 1 aliphatic heterocycles. The highest BCUT2D eigenvalue weighted by molar-refractivity contribution is 5.94. The number of ether oxygens (including phenoxy) is 1. The lowest BCUT2D eigenvalue weighted by Crippen LogP contribution is -2.33. The predicted molar refractivity (Wildman–Crippen MR) is 131 cm³/mol. The van der Waals surface area contributed by atoms with Gasteiger partial charge in [0.25, 0.3) is 11.5 Å². The fraction of sp³-hybridized carbons (Fsp3) is 0.222. The summed E-state index contributed by atoms with van der Waals surface area (Å²) in [7, 11) is 0. The van der Waals surface area contributed by atoms with Crippen LogP contribution in [0.15, 0.2) is 59.7 Å². The van der Waals surface area contributed by atoms with E-state index in [0.717, 1.165) is 23.4 Å². The molecule has 0 saturated carbocycles. The van der Waals surface area contributed by atoms with Crippen molar-refractivity contribution >= 4 is 16.8 Å². The van der Waals surface area contributed by atoms with Crippen molar-refractivity contribution in [3.63, 3.8) is 0 Å². The van der Waals surface area contributed by atoms with E-state index in [1.54, 1.807) is 43.5 Å². The molecule has 1 atom stereocenters. The summed E-state index contributed by atoms with van der Waals surface area (Å²) in [5.41, 5.74) is 0.860. The van der Waals surface area contributed by atoms with Crippen molar-refractivity contribution in [3.05, 3.63) is 93.4 Å². The molecule has 192 valence electrons. The Hall–Kier alpha value is -4.56. The van der Waals surface area contributed by atoms with Crippen LogP contribution >= 0.6 is 0 Å². The topological polar surface area (TPSA) is 110 Å². The number of hydrogen-bond donors (Lipinski definition) is 1. The van der Waals surface area contributed by atoms with Gasteiger partial charge in [0.2, 0.25) is 0 Å². The number of amides is 1. The first-order chi connectivity index (χ1) is 18.2. The maximum atomic E-state index is 14.0. The van der Waals surface area contributed by atoms with Gasteiger partial charge in [0, 0.05) is 28.9 Å². The van der Waals surface area contributed by atoms with Crippen LogP contribution in [0.5, 0.6) is 0 Å². The summed E-state index contributed by atoms with van der Waals surface area (Å²) in [6.45, 7) is -0.743. The number of fused-ring (bicyclic) bond motifs is 2. The summed E-state index contributed by atoms with van der Waals surface area (Å²) in [5.74, 6) is -1.67. The molecule has 4 heterocycles. The van der Waals surface area contributed by atoms with E-state index in [4.69, 9.17) is 4.74 Å². The van der Waals surface area contributed by atoms with Gasteiger partial charge in [-0.2, -0.15) is 14.0 Å². The minimum Gasteiger partial charge on any atom is -0.375 e. The summed E-state index contributed by atoms with van der Waals surface area (Å²) < 4.78 is 45.8. The molecule has 8 nitrogen and oxygen atoms in total. The molecule has 0 unspecified atom stereocenters. The molecular weight excluding hydrogens is 499 g/mol. The number of halogens is 3. The monoisotopic (exact) mass is 519 g/mol. The Balaban J connectivity index is 1.38. The number of carbonyl (C=O) groups excluding carboxylic acids is 1. The van der Waals surface area contributed by atoms with E-state index in [9.17, 15) is 28.0 Å². The smallest absolute Gasteiger partial charge is 0.321 e. The maximum Gasteiger partial charge on any atom is 0.321 e. The first-order valence-electron chi connectivity index (χ1n) is 11.5. The summed E-state index contributed by atoms with van der Waals surface area (Å²) in [6.07, 6.45) is 2.40. The third-order valence-corrected chi connectivity index (χ3v) is 6.43. The van der Waals surface area contributed by atoms with Crippen LogP contribution in [0.1, 0.15) is 40.7 Å². The van der Waals surface area contributed by atoms with E-state index in [0.29, 0.717) is 28.8 Å². The number of alkyl halides is 2. The molecule has 0 saturated heterocycles. The van der Waals surface area contributed by atoms with Crippen LogP contribution in [0.3, 0.4) is 0 Å². The number of nitrogens with zero attached hydrogens (tertiary/aromatic N) is 4. The van der Waals surface area contributed by atoms with Crippen LogP contribution < -0.4 is 10.9 Å². The van der Waals surface area contributed by atoms with Crippen LogP contribution in [0.4, 0.5) is 13.2 Å². The number of hydrogen-bond acceptors (Lipinski definition) is 6. The van der Waals surface area contributed by atoms with Crippen molar-refractivity contribution in [2.45, 2.75) is 32.0 Å². The molecule has 0 radical (unpaired) electrons. The van der Waals surface area contributed by atoms with Crippen LogP contribution in [-0.2, 0) is 23.3 Å². The van der Waals surface area contributed by atoms with Gasteiger partial charge < -0.3 is 10.1 Å². The molecule has 1 amide bonds. The molecule has 0 bridgehead atoms. The zero-order valence-corrected chi connectivity index (χ0v) is 20.0. The Labute approximate surface area is 214 Å². The maximum absolute atomic E-state index is 14.0.